The Bertz CT molecular complexity index is 352. The van der Waals surface area contributed by atoms with Gasteiger partial charge in [0.05, 0.1) is 4.90 Å². The summed E-state index contributed by atoms with van der Waals surface area (Å²) in [5.74, 6) is 0. The Hall–Kier alpha value is 0.330. The Kier molecular flexibility index (Phi) is 7.77. The first-order chi connectivity index (χ1) is 7.13. The van der Waals surface area contributed by atoms with Crippen molar-refractivity contribution in [3.63, 3.8) is 0 Å². The first kappa shape index (κ1) is 16.3. The van der Waals surface area contributed by atoms with Crippen LogP contribution in [-0.2, 0) is 30.3 Å². The van der Waals surface area contributed by atoms with Gasteiger partial charge in [0.25, 0.3) is 0 Å². The van der Waals surface area contributed by atoms with Crippen LogP contribution in [0, 0.1) is 0 Å². The minimum atomic E-state index is -1.86. The standard InChI is InChI=1S/C12H18O2S.Na.H/c1-4-9-7-10(5-2)12(15(13)14)11(6-3)8-9;;/h7-8H,4-6H2,1-3H3,(H,13,14);;. The van der Waals surface area contributed by atoms with Gasteiger partial charge in [-0.25, -0.2) is 4.21 Å². The molecular weight excluding hydrogens is 231 g/mol. The van der Waals surface area contributed by atoms with Crippen LogP contribution in [0.2, 0.25) is 0 Å². The Morgan fingerprint density at radius 2 is 1.50 bits per heavy atom. The molecule has 0 saturated heterocycles. The summed E-state index contributed by atoms with van der Waals surface area (Å²) in [4.78, 5) is 0.622. The van der Waals surface area contributed by atoms with E-state index in [1.807, 2.05) is 26.0 Å². The molecule has 0 heterocycles. The fourth-order valence-electron chi connectivity index (χ4n) is 1.78. The summed E-state index contributed by atoms with van der Waals surface area (Å²) in [6.07, 6.45) is 2.59. The minimum absolute atomic E-state index is 0. The average Bonchev–Trinajstić information content (AvgIpc) is 2.26. The van der Waals surface area contributed by atoms with E-state index in [-0.39, 0.29) is 29.6 Å². The molecule has 1 atom stereocenters. The summed E-state index contributed by atoms with van der Waals surface area (Å²) in [7, 11) is 0. The van der Waals surface area contributed by atoms with E-state index in [2.05, 4.69) is 6.92 Å². The number of hydrogen-bond donors (Lipinski definition) is 1. The molecule has 0 aromatic heterocycles. The van der Waals surface area contributed by atoms with Gasteiger partial charge in [-0.1, -0.05) is 32.9 Å². The zero-order valence-electron chi connectivity index (χ0n) is 9.54. The molecule has 4 heteroatoms. The van der Waals surface area contributed by atoms with Gasteiger partial charge < -0.3 is 4.55 Å². The van der Waals surface area contributed by atoms with Crippen LogP contribution in [-0.4, -0.2) is 38.3 Å². The molecule has 0 fully saturated rings. The molecular formula is C12H19NaO2S. The van der Waals surface area contributed by atoms with E-state index in [1.54, 1.807) is 0 Å². The molecule has 1 aromatic rings. The molecule has 0 spiro atoms. The molecule has 0 saturated carbocycles. The van der Waals surface area contributed by atoms with Crippen molar-refractivity contribution in [3.8, 4) is 0 Å². The maximum absolute atomic E-state index is 11.3. The summed E-state index contributed by atoms with van der Waals surface area (Å²) < 4.78 is 20.6. The molecule has 0 aliphatic carbocycles. The molecule has 1 rings (SSSR count). The van der Waals surface area contributed by atoms with E-state index in [0.717, 1.165) is 30.4 Å². The second-order valence-electron chi connectivity index (χ2n) is 3.55. The second kappa shape index (κ2) is 7.62. The van der Waals surface area contributed by atoms with Crippen LogP contribution >= 0.6 is 0 Å². The molecule has 0 bridgehead atoms. The molecule has 1 N–H and O–H groups in total. The Morgan fingerprint density at radius 3 is 1.75 bits per heavy atom. The van der Waals surface area contributed by atoms with Crippen LogP contribution in [0.25, 0.3) is 0 Å². The molecule has 1 aromatic carbocycles. The van der Waals surface area contributed by atoms with Crippen LogP contribution in [0.5, 0.6) is 0 Å². The van der Waals surface area contributed by atoms with Crippen molar-refractivity contribution in [2.45, 2.75) is 44.9 Å². The quantitative estimate of drug-likeness (QED) is 0.657. The van der Waals surface area contributed by atoms with E-state index in [1.165, 1.54) is 5.56 Å². The van der Waals surface area contributed by atoms with Gasteiger partial charge in [-0.2, -0.15) is 0 Å². The predicted molar refractivity (Wildman–Crippen MR) is 70.8 cm³/mol. The van der Waals surface area contributed by atoms with Crippen molar-refractivity contribution in [2.75, 3.05) is 0 Å². The van der Waals surface area contributed by atoms with Gasteiger partial charge in [0.1, 0.15) is 0 Å². The number of benzene rings is 1. The van der Waals surface area contributed by atoms with Crippen molar-refractivity contribution >= 4 is 40.6 Å². The zero-order chi connectivity index (χ0) is 11.4. The molecule has 2 nitrogen and oxygen atoms in total. The molecule has 16 heavy (non-hydrogen) atoms. The summed E-state index contributed by atoms with van der Waals surface area (Å²) in [5, 5.41) is 0. The van der Waals surface area contributed by atoms with Gasteiger partial charge in [0.2, 0.25) is 0 Å². The fraction of sp³-hybridized carbons (Fsp3) is 0.500. The summed E-state index contributed by atoms with van der Waals surface area (Å²) in [5.41, 5.74) is 3.26. The number of hydrogen-bond acceptors (Lipinski definition) is 1. The third-order valence-corrected chi connectivity index (χ3v) is 3.52. The maximum atomic E-state index is 11.3. The summed E-state index contributed by atoms with van der Waals surface area (Å²) >= 11 is -1.86. The topological polar surface area (TPSA) is 37.3 Å². The van der Waals surface area contributed by atoms with Crippen molar-refractivity contribution < 1.29 is 8.76 Å². The molecule has 0 aliphatic heterocycles. The van der Waals surface area contributed by atoms with Crippen molar-refractivity contribution in [3.05, 3.63) is 28.8 Å². The van der Waals surface area contributed by atoms with Crippen LogP contribution in [0.3, 0.4) is 0 Å². The van der Waals surface area contributed by atoms with Crippen LogP contribution in [0.15, 0.2) is 17.0 Å². The van der Waals surface area contributed by atoms with Gasteiger partial charge >= 0.3 is 29.6 Å². The van der Waals surface area contributed by atoms with Gasteiger partial charge in [0, 0.05) is 0 Å². The molecule has 1 unspecified atom stereocenters. The van der Waals surface area contributed by atoms with Gasteiger partial charge in [-0.3, -0.25) is 0 Å². The van der Waals surface area contributed by atoms with E-state index < -0.39 is 11.1 Å². The average molecular weight is 250 g/mol. The van der Waals surface area contributed by atoms with E-state index in [4.69, 9.17) is 0 Å². The Balaban J connectivity index is 0.00000225. The Morgan fingerprint density at radius 1 is 1.06 bits per heavy atom. The zero-order valence-corrected chi connectivity index (χ0v) is 10.4. The van der Waals surface area contributed by atoms with E-state index in [0.29, 0.717) is 4.90 Å². The Labute approximate surface area is 122 Å². The normalized spacial score (nSPS) is 12.0. The monoisotopic (exact) mass is 250 g/mol. The van der Waals surface area contributed by atoms with Crippen molar-refractivity contribution in [1.29, 1.82) is 0 Å². The van der Waals surface area contributed by atoms with Crippen LogP contribution in [0.4, 0.5) is 0 Å². The van der Waals surface area contributed by atoms with E-state index >= 15 is 0 Å². The fourth-order valence-corrected chi connectivity index (χ4v) is 2.64. The first-order valence-corrected chi connectivity index (χ1v) is 6.50. The van der Waals surface area contributed by atoms with Gasteiger partial charge in [0.15, 0.2) is 11.1 Å². The number of rotatable bonds is 4. The first-order valence-electron chi connectivity index (χ1n) is 5.39. The molecule has 0 amide bonds. The predicted octanol–water partition coefficient (Wildman–Crippen LogP) is 2.31. The molecule has 0 radical (unpaired) electrons. The summed E-state index contributed by atoms with van der Waals surface area (Å²) in [6, 6.07) is 4.09. The van der Waals surface area contributed by atoms with Gasteiger partial charge in [-0.05, 0) is 36.0 Å². The van der Waals surface area contributed by atoms with Crippen molar-refractivity contribution in [2.24, 2.45) is 0 Å². The van der Waals surface area contributed by atoms with Crippen LogP contribution < -0.4 is 0 Å². The number of aryl methyl sites for hydroxylation is 3. The second-order valence-corrected chi connectivity index (χ2v) is 4.46. The van der Waals surface area contributed by atoms with E-state index in [9.17, 15) is 8.76 Å². The van der Waals surface area contributed by atoms with Gasteiger partial charge in [-0.15, -0.1) is 0 Å². The summed E-state index contributed by atoms with van der Waals surface area (Å²) in [6.45, 7) is 6.14. The third kappa shape index (κ3) is 3.67. The van der Waals surface area contributed by atoms with Crippen LogP contribution in [0.1, 0.15) is 37.5 Å². The third-order valence-electron chi connectivity index (χ3n) is 2.65. The van der Waals surface area contributed by atoms with Crippen molar-refractivity contribution in [1.82, 2.24) is 0 Å². The SMILES string of the molecule is CCc1cc(CC)c(S(=O)O)c(CC)c1.[NaH]. The molecule has 0 aliphatic rings. The molecule has 86 valence electrons.